The van der Waals surface area contributed by atoms with Gasteiger partial charge in [-0.3, -0.25) is 19.4 Å². The number of amides is 1. The number of rotatable bonds is 3. The van der Waals surface area contributed by atoms with Crippen LogP contribution in [0.5, 0.6) is 0 Å². The molecular weight excluding hydrogens is 177 g/mol. The number of hydrogen-bond acceptors (Lipinski definition) is 4. The average molecular weight is 183 g/mol. The van der Waals surface area contributed by atoms with E-state index < -0.39 is 25.4 Å². The maximum absolute atomic E-state index is 10.3. The molecule has 0 rings (SSSR count). The van der Waals surface area contributed by atoms with Crippen LogP contribution in [-0.2, 0) is 14.2 Å². The standard InChI is InChI=1S/C3H6NO6P/c5-2(3(6)4-7)1-11(8,9)10/h7H,1H2,(H,4,6)(H2,8,9,10). The number of ketones is 1. The molecule has 8 heteroatoms. The zero-order valence-electron chi connectivity index (χ0n) is 5.22. The average Bonchev–Trinajstić information content (AvgIpc) is 1.82. The Morgan fingerprint density at radius 3 is 2.09 bits per heavy atom. The van der Waals surface area contributed by atoms with Crippen LogP contribution in [0.2, 0.25) is 0 Å². The predicted octanol–water partition coefficient (Wildman–Crippen LogP) is -1.76. The van der Waals surface area contributed by atoms with Gasteiger partial charge in [0.2, 0.25) is 5.78 Å². The molecule has 0 aromatic rings. The highest BCUT2D eigenvalue weighted by atomic mass is 31.2. The van der Waals surface area contributed by atoms with Gasteiger partial charge in [-0.1, -0.05) is 0 Å². The predicted molar refractivity (Wildman–Crippen MR) is 31.8 cm³/mol. The fourth-order valence-corrected chi connectivity index (χ4v) is 0.839. The lowest BCUT2D eigenvalue weighted by molar-refractivity contribution is -0.141. The topological polar surface area (TPSA) is 124 Å². The molecule has 0 aromatic carbocycles. The minimum Gasteiger partial charge on any atom is -0.324 e. The molecule has 0 aliphatic carbocycles. The summed E-state index contributed by atoms with van der Waals surface area (Å²) < 4.78 is 10.1. The van der Waals surface area contributed by atoms with Crippen LogP contribution in [0.25, 0.3) is 0 Å². The van der Waals surface area contributed by atoms with Crippen LogP contribution in [0, 0.1) is 0 Å². The molecule has 0 saturated carbocycles. The van der Waals surface area contributed by atoms with Crippen molar-refractivity contribution in [3.8, 4) is 0 Å². The zero-order chi connectivity index (χ0) is 9.07. The first kappa shape index (κ1) is 10.2. The van der Waals surface area contributed by atoms with E-state index in [1.165, 1.54) is 0 Å². The summed E-state index contributed by atoms with van der Waals surface area (Å²) in [5, 5.41) is 7.83. The van der Waals surface area contributed by atoms with E-state index in [-0.39, 0.29) is 0 Å². The van der Waals surface area contributed by atoms with E-state index in [2.05, 4.69) is 0 Å². The Morgan fingerprint density at radius 2 is 1.82 bits per heavy atom. The van der Waals surface area contributed by atoms with Crippen LogP contribution in [0.15, 0.2) is 0 Å². The van der Waals surface area contributed by atoms with E-state index in [1.54, 1.807) is 0 Å². The molecule has 0 aliphatic heterocycles. The van der Waals surface area contributed by atoms with Gasteiger partial charge in [0, 0.05) is 0 Å². The van der Waals surface area contributed by atoms with Crippen molar-refractivity contribution in [2.75, 3.05) is 6.16 Å². The van der Waals surface area contributed by atoms with Crippen LogP contribution in [0.4, 0.5) is 0 Å². The SMILES string of the molecule is O=C(CP(=O)(O)O)C(=O)NO. The number of carbonyl (C=O) groups is 2. The lowest BCUT2D eigenvalue weighted by Gasteiger charge is -1.99. The van der Waals surface area contributed by atoms with E-state index in [0.29, 0.717) is 0 Å². The fraction of sp³-hybridized carbons (Fsp3) is 0.333. The highest BCUT2D eigenvalue weighted by Gasteiger charge is 2.23. The third-order valence-electron chi connectivity index (χ3n) is 0.704. The van der Waals surface area contributed by atoms with Crippen molar-refractivity contribution < 1.29 is 29.1 Å². The Hall–Kier alpha value is -0.750. The van der Waals surface area contributed by atoms with E-state index >= 15 is 0 Å². The number of hydroxylamine groups is 1. The number of hydrogen-bond donors (Lipinski definition) is 4. The van der Waals surface area contributed by atoms with Crippen molar-refractivity contribution >= 4 is 19.3 Å². The minimum absolute atomic E-state index is 0.956. The lowest BCUT2D eigenvalue weighted by atomic mass is 10.4. The Morgan fingerprint density at radius 1 is 1.36 bits per heavy atom. The van der Waals surface area contributed by atoms with Gasteiger partial charge in [0.25, 0.3) is 0 Å². The summed E-state index contributed by atoms with van der Waals surface area (Å²) in [5.74, 6) is -2.80. The first-order valence-electron chi connectivity index (χ1n) is 2.38. The van der Waals surface area contributed by atoms with Crippen molar-refractivity contribution in [3.05, 3.63) is 0 Å². The van der Waals surface area contributed by atoms with Crippen molar-refractivity contribution in [3.63, 3.8) is 0 Å². The summed E-state index contributed by atoms with van der Waals surface area (Å²) in [6, 6.07) is 0. The van der Waals surface area contributed by atoms with Gasteiger partial charge >= 0.3 is 13.5 Å². The van der Waals surface area contributed by atoms with E-state index in [9.17, 15) is 14.2 Å². The van der Waals surface area contributed by atoms with Gasteiger partial charge in [-0.15, -0.1) is 0 Å². The molecule has 1 amide bonds. The van der Waals surface area contributed by atoms with Gasteiger partial charge in [-0.2, -0.15) is 0 Å². The van der Waals surface area contributed by atoms with Crippen LogP contribution in [-0.4, -0.2) is 32.8 Å². The third kappa shape index (κ3) is 4.63. The Bertz CT molecular complexity index is 218. The monoisotopic (exact) mass is 183 g/mol. The second kappa shape index (κ2) is 3.59. The summed E-state index contributed by atoms with van der Waals surface area (Å²) in [5.41, 5.74) is 0.956. The van der Waals surface area contributed by atoms with Gasteiger partial charge in [0.15, 0.2) is 0 Å². The molecule has 0 aliphatic rings. The maximum Gasteiger partial charge on any atom is 0.333 e. The second-order valence-corrected chi connectivity index (χ2v) is 3.33. The molecule has 0 aromatic heterocycles. The zero-order valence-corrected chi connectivity index (χ0v) is 6.12. The molecule has 0 unspecified atom stereocenters. The fourth-order valence-electron chi connectivity index (χ4n) is 0.321. The quantitative estimate of drug-likeness (QED) is 0.178. The molecule has 0 saturated heterocycles. The molecule has 64 valence electrons. The molecule has 0 bridgehead atoms. The minimum atomic E-state index is -4.51. The molecule has 11 heavy (non-hydrogen) atoms. The Kier molecular flexibility index (Phi) is 3.34. The highest BCUT2D eigenvalue weighted by Crippen LogP contribution is 2.33. The number of nitrogens with one attached hydrogen (secondary N) is 1. The van der Waals surface area contributed by atoms with E-state index in [4.69, 9.17) is 15.0 Å². The molecule has 7 nitrogen and oxygen atoms in total. The summed E-state index contributed by atoms with van der Waals surface area (Å²) in [6.07, 6.45) is -1.20. The first-order valence-corrected chi connectivity index (χ1v) is 4.18. The van der Waals surface area contributed by atoms with Crippen molar-refractivity contribution in [1.82, 2.24) is 5.48 Å². The molecule has 0 heterocycles. The molecule has 4 N–H and O–H groups in total. The molecule has 0 radical (unpaired) electrons. The summed E-state index contributed by atoms with van der Waals surface area (Å²) in [6.45, 7) is 0. The maximum atomic E-state index is 10.3. The molecule has 0 spiro atoms. The smallest absolute Gasteiger partial charge is 0.324 e. The van der Waals surface area contributed by atoms with Crippen LogP contribution in [0.1, 0.15) is 0 Å². The largest absolute Gasteiger partial charge is 0.333 e. The van der Waals surface area contributed by atoms with Crippen molar-refractivity contribution in [1.29, 1.82) is 0 Å². The Labute approximate surface area is 61.1 Å². The molecule has 0 fully saturated rings. The van der Waals surface area contributed by atoms with Crippen molar-refractivity contribution in [2.24, 2.45) is 0 Å². The molecule has 0 atom stereocenters. The van der Waals surface area contributed by atoms with Crippen molar-refractivity contribution in [2.45, 2.75) is 0 Å². The normalized spacial score (nSPS) is 10.8. The summed E-state index contributed by atoms with van der Waals surface area (Å²) >= 11 is 0. The van der Waals surface area contributed by atoms with Gasteiger partial charge in [-0.25, -0.2) is 5.48 Å². The number of Topliss-reactive ketones (excluding diaryl/α,β-unsaturated/α-hetero) is 1. The van der Waals surface area contributed by atoms with Crippen LogP contribution in [0.3, 0.4) is 0 Å². The lowest BCUT2D eigenvalue weighted by Crippen LogP contribution is -2.30. The van der Waals surface area contributed by atoms with Gasteiger partial charge in [0.1, 0.15) is 6.16 Å². The van der Waals surface area contributed by atoms with Gasteiger partial charge in [0.05, 0.1) is 0 Å². The van der Waals surface area contributed by atoms with Crippen LogP contribution >= 0.6 is 7.60 Å². The Balaban J connectivity index is 4.10. The third-order valence-corrected chi connectivity index (χ3v) is 1.40. The first-order chi connectivity index (χ1) is 4.87. The number of carbonyl (C=O) groups excluding carboxylic acids is 2. The van der Waals surface area contributed by atoms with Gasteiger partial charge in [-0.05, 0) is 0 Å². The summed E-state index contributed by atoms with van der Waals surface area (Å²) in [4.78, 5) is 36.8. The second-order valence-electron chi connectivity index (χ2n) is 1.69. The van der Waals surface area contributed by atoms with Crippen LogP contribution < -0.4 is 5.48 Å². The molecular formula is C3H6NO6P. The van der Waals surface area contributed by atoms with E-state index in [1.807, 2.05) is 0 Å². The highest BCUT2D eigenvalue weighted by molar-refractivity contribution is 7.53. The van der Waals surface area contributed by atoms with E-state index in [0.717, 1.165) is 5.48 Å². The summed E-state index contributed by atoms with van der Waals surface area (Å²) in [7, 11) is -4.51. The van der Waals surface area contributed by atoms with Gasteiger partial charge < -0.3 is 9.79 Å².